The number of benzene rings is 3. The molecule has 3 aromatic carbocycles. The van der Waals surface area contributed by atoms with Crippen molar-refractivity contribution in [3.05, 3.63) is 102 Å². The number of alkyl halides is 2. The van der Waals surface area contributed by atoms with Crippen LogP contribution in [0.1, 0.15) is 36.5 Å². The zero-order valence-corrected chi connectivity index (χ0v) is 21.3. The summed E-state index contributed by atoms with van der Waals surface area (Å²) in [6.07, 6.45) is 1.49. The van der Waals surface area contributed by atoms with Crippen LogP contribution in [0.3, 0.4) is 0 Å². The summed E-state index contributed by atoms with van der Waals surface area (Å²) in [5, 5.41) is 11.3. The van der Waals surface area contributed by atoms with Crippen LogP contribution >= 0.6 is 0 Å². The van der Waals surface area contributed by atoms with Gasteiger partial charge in [0, 0.05) is 40.8 Å². The van der Waals surface area contributed by atoms with Gasteiger partial charge in [0.05, 0.1) is 5.69 Å². The van der Waals surface area contributed by atoms with E-state index in [0.717, 1.165) is 47.5 Å². The number of hydrogen-bond donors (Lipinski definition) is 2. The number of halogens is 3. The fraction of sp³-hybridized carbons (Fsp3) is 0.300. The third kappa shape index (κ3) is 6.23. The van der Waals surface area contributed by atoms with Gasteiger partial charge < -0.3 is 10.7 Å². The molecule has 37 heavy (non-hydrogen) atoms. The highest BCUT2D eigenvalue weighted by atomic mass is 19.3. The summed E-state index contributed by atoms with van der Waals surface area (Å²) in [5.41, 5.74) is 4.97. The van der Waals surface area contributed by atoms with Crippen LogP contribution in [0, 0.1) is 24.1 Å². The predicted octanol–water partition coefficient (Wildman–Crippen LogP) is 7.72. The number of allylic oxidation sites excluding steroid dienone is 1. The molecule has 0 atom stereocenters. The van der Waals surface area contributed by atoms with Crippen molar-refractivity contribution in [2.24, 2.45) is 5.92 Å². The number of aryl methyl sites for hydroxylation is 1. The summed E-state index contributed by atoms with van der Waals surface area (Å²) in [6, 6.07) is 19.5. The zero-order chi connectivity index (χ0) is 26.5. The minimum atomic E-state index is -2.65. The second-order valence-corrected chi connectivity index (χ2v) is 9.59. The molecule has 7 heteroatoms. The molecule has 0 saturated carbocycles. The van der Waals surface area contributed by atoms with Gasteiger partial charge in [0.1, 0.15) is 5.82 Å². The van der Waals surface area contributed by atoms with Crippen LogP contribution in [-0.2, 0) is 6.54 Å². The van der Waals surface area contributed by atoms with Gasteiger partial charge in [0.15, 0.2) is 0 Å². The van der Waals surface area contributed by atoms with Gasteiger partial charge in [-0.1, -0.05) is 43.0 Å². The molecule has 1 aliphatic heterocycles. The van der Waals surface area contributed by atoms with E-state index in [9.17, 15) is 13.2 Å². The van der Waals surface area contributed by atoms with Crippen LogP contribution in [0.4, 0.5) is 30.2 Å². The van der Waals surface area contributed by atoms with Crippen molar-refractivity contribution >= 4 is 22.8 Å². The molecular formula is C30H33F3N4. The highest BCUT2D eigenvalue weighted by Crippen LogP contribution is 2.34. The molecule has 0 unspecified atom stereocenters. The topological polar surface area (TPSA) is 42.4 Å². The first kappa shape index (κ1) is 26.5. The standard InChI is InChI=1S/C30H33F3N4/c1-20-8-4-7-11-29(20)37(30(32)33)22(3)24-14-16-36(17-15-24)19-23-12-13-27(25(18-23)21(2)34)35-28-10-6-5-9-26(28)31/h4-13,18,24,30,34-35H,3,14-17,19H2,1-2H3. The molecule has 1 fully saturated rings. The van der Waals surface area contributed by atoms with Gasteiger partial charge in [-0.25, -0.2) is 4.39 Å². The molecule has 0 spiro atoms. The molecule has 3 aromatic rings. The Kier molecular flexibility index (Phi) is 8.34. The summed E-state index contributed by atoms with van der Waals surface area (Å²) in [4.78, 5) is 3.38. The second-order valence-electron chi connectivity index (χ2n) is 9.59. The first-order chi connectivity index (χ1) is 17.7. The van der Waals surface area contributed by atoms with E-state index < -0.39 is 6.55 Å². The monoisotopic (exact) mass is 506 g/mol. The van der Waals surface area contributed by atoms with Gasteiger partial charge in [-0.15, -0.1) is 0 Å². The van der Waals surface area contributed by atoms with Crippen molar-refractivity contribution in [2.45, 2.75) is 39.8 Å². The number of anilines is 3. The molecule has 1 heterocycles. The lowest BCUT2D eigenvalue weighted by molar-refractivity contribution is 0.139. The average Bonchev–Trinajstić information content (AvgIpc) is 2.87. The van der Waals surface area contributed by atoms with Crippen molar-refractivity contribution in [3.63, 3.8) is 0 Å². The van der Waals surface area contributed by atoms with Crippen LogP contribution in [0.25, 0.3) is 0 Å². The Morgan fingerprint density at radius 2 is 1.73 bits per heavy atom. The number of piperidine rings is 1. The molecule has 4 nitrogen and oxygen atoms in total. The molecule has 0 radical (unpaired) electrons. The molecule has 1 aliphatic rings. The molecule has 0 bridgehead atoms. The number of nitrogens with one attached hydrogen (secondary N) is 2. The summed E-state index contributed by atoms with van der Waals surface area (Å²) in [6.45, 7) is 7.20. The van der Waals surface area contributed by atoms with Crippen molar-refractivity contribution in [2.75, 3.05) is 23.3 Å². The van der Waals surface area contributed by atoms with Gasteiger partial charge >= 0.3 is 6.55 Å². The molecular weight excluding hydrogens is 473 g/mol. The van der Waals surface area contributed by atoms with Crippen LogP contribution in [-0.4, -0.2) is 30.3 Å². The van der Waals surface area contributed by atoms with E-state index in [1.165, 1.54) is 6.07 Å². The highest BCUT2D eigenvalue weighted by molar-refractivity contribution is 6.02. The second kappa shape index (κ2) is 11.6. The normalized spacial score (nSPS) is 14.5. The minimum Gasteiger partial charge on any atom is -0.353 e. The van der Waals surface area contributed by atoms with E-state index in [0.29, 0.717) is 35.0 Å². The SMILES string of the molecule is C=C(C1CCN(Cc2ccc(Nc3ccccc3F)c(C(C)=N)c2)CC1)N(c1ccccc1C)C(F)F. The molecule has 2 N–H and O–H groups in total. The molecule has 0 aliphatic carbocycles. The van der Waals surface area contributed by atoms with Gasteiger partial charge in [0.2, 0.25) is 0 Å². The first-order valence-electron chi connectivity index (χ1n) is 12.5. The fourth-order valence-electron chi connectivity index (χ4n) is 4.91. The first-order valence-corrected chi connectivity index (χ1v) is 12.5. The summed E-state index contributed by atoms with van der Waals surface area (Å²) < 4.78 is 42.2. The number of para-hydroxylation sites is 2. The largest absolute Gasteiger partial charge is 0.353 e. The maximum Gasteiger partial charge on any atom is 0.319 e. The maximum atomic E-state index is 14.1. The Hall–Kier alpha value is -3.58. The third-order valence-electron chi connectivity index (χ3n) is 6.98. The van der Waals surface area contributed by atoms with Crippen molar-refractivity contribution in [1.29, 1.82) is 5.41 Å². The van der Waals surface area contributed by atoms with E-state index in [2.05, 4.69) is 16.8 Å². The maximum absolute atomic E-state index is 14.1. The minimum absolute atomic E-state index is 0.0171. The molecule has 0 aromatic heterocycles. The van der Waals surface area contributed by atoms with E-state index in [-0.39, 0.29) is 11.7 Å². The Bertz CT molecular complexity index is 1270. The predicted molar refractivity (Wildman–Crippen MR) is 145 cm³/mol. The molecule has 1 saturated heterocycles. The van der Waals surface area contributed by atoms with Gasteiger partial charge in [-0.3, -0.25) is 9.80 Å². The molecule has 194 valence electrons. The summed E-state index contributed by atoms with van der Waals surface area (Å²) in [7, 11) is 0. The lowest BCUT2D eigenvalue weighted by atomic mass is 9.92. The summed E-state index contributed by atoms with van der Waals surface area (Å²) in [5.74, 6) is -0.367. The quantitative estimate of drug-likeness (QED) is 0.231. The van der Waals surface area contributed by atoms with Crippen molar-refractivity contribution < 1.29 is 13.2 Å². The third-order valence-corrected chi connectivity index (χ3v) is 6.98. The Morgan fingerprint density at radius 1 is 1.05 bits per heavy atom. The van der Waals surface area contributed by atoms with Crippen LogP contribution in [0.2, 0.25) is 0 Å². The summed E-state index contributed by atoms with van der Waals surface area (Å²) >= 11 is 0. The number of nitrogens with zero attached hydrogens (tertiary/aromatic N) is 2. The Morgan fingerprint density at radius 3 is 2.38 bits per heavy atom. The smallest absolute Gasteiger partial charge is 0.319 e. The van der Waals surface area contributed by atoms with Crippen molar-refractivity contribution in [3.8, 4) is 0 Å². The van der Waals surface area contributed by atoms with Crippen LogP contribution in [0.5, 0.6) is 0 Å². The van der Waals surface area contributed by atoms with Crippen LogP contribution < -0.4 is 10.2 Å². The van der Waals surface area contributed by atoms with Crippen molar-refractivity contribution in [1.82, 2.24) is 4.90 Å². The fourth-order valence-corrected chi connectivity index (χ4v) is 4.91. The zero-order valence-electron chi connectivity index (χ0n) is 21.3. The van der Waals surface area contributed by atoms with E-state index in [1.807, 2.05) is 37.3 Å². The Balaban J connectivity index is 1.41. The van der Waals surface area contributed by atoms with E-state index in [4.69, 9.17) is 5.41 Å². The number of hydrogen-bond acceptors (Lipinski definition) is 4. The lowest BCUT2D eigenvalue weighted by Crippen LogP contribution is -2.38. The Labute approximate surface area is 216 Å². The van der Waals surface area contributed by atoms with E-state index >= 15 is 0 Å². The average molecular weight is 507 g/mol. The number of rotatable bonds is 9. The van der Waals surface area contributed by atoms with E-state index in [1.54, 1.807) is 37.3 Å². The van der Waals surface area contributed by atoms with Gasteiger partial charge in [0.25, 0.3) is 0 Å². The van der Waals surface area contributed by atoms with Gasteiger partial charge in [-0.05, 0) is 81.2 Å². The highest BCUT2D eigenvalue weighted by Gasteiger charge is 2.29. The number of likely N-dealkylation sites (tertiary alicyclic amines) is 1. The molecule has 4 rings (SSSR count). The van der Waals surface area contributed by atoms with Gasteiger partial charge in [-0.2, -0.15) is 8.78 Å². The lowest BCUT2D eigenvalue weighted by Gasteiger charge is -2.37. The molecule has 0 amide bonds. The van der Waals surface area contributed by atoms with Crippen LogP contribution in [0.15, 0.2) is 79.0 Å².